The van der Waals surface area contributed by atoms with Gasteiger partial charge in [0.1, 0.15) is 0 Å². The molecule has 0 aliphatic rings. The minimum Gasteiger partial charge on any atom is -0.341 e. The minimum atomic E-state index is -0.219. The van der Waals surface area contributed by atoms with E-state index in [1.807, 2.05) is 41.0 Å². The Bertz CT molecular complexity index is 1930. The van der Waals surface area contributed by atoms with Crippen LogP contribution in [0.4, 0.5) is 0 Å². The first-order valence-corrected chi connectivity index (χ1v) is 15.4. The Morgan fingerprint density at radius 3 is 2.35 bits per heavy atom. The van der Waals surface area contributed by atoms with Crippen LogP contribution in [0.15, 0.2) is 107 Å². The van der Waals surface area contributed by atoms with Gasteiger partial charge in [-0.2, -0.15) is 5.10 Å². The van der Waals surface area contributed by atoms with Gasteiger partial charge in [-0.25, -0.2) is 5.43 Å². The molecule has 0 saturated heterocycles. The van der Waals surface area contributed by atoms with E-state index in [9.17, 15) is 4.79 Å². The maximum absolute atomic E-state index is 12.8. The molecule has 6 aromatic rings. The summed E-state index contributed by atoms with van der Waals surface area (Å²) in [6, 6.07) is 33.1. The number of carbonyl (C=O) groups excluding carboxylic acids is 1. The van der Waals surface area contributed by atoms with Gasteiger partial charge >= 0.3 is 0 Å². The molecule has 0 aliphatic carbocycles. The van der Waals surface area contributed by atoms with Crippen LogP contribution in [0.2, 0.25) is 0 Å². The molecule has 0 unspecified atom stereocenters. The second-order valence-electron chi connectivity index (χ2n) is 11.4. The number of rotatable bonds is 8. The third-order valence-electron chi connectivity index (χ3n) is 7.50. The average molecular weight is 587 g/mol. The normalized spacial score (nSPS) is 12.0. The zero-order valence-corrected chi connectivity index (χ0v) is 25.6. The van der Waals surface area contributed by atoms with Crippen molar-refractivity contribution in [2.24, 2.45) is 5.10 Å². The molecule has 0 aliphatic heterocycles. The SMILES string of the molecule is CCn1c2ccccc2c2cc(C=NNC(=O)CSc3nnc(-c4ccc(C(C)(C)C)cc4)n3-c3ccccc3)ccc21. The predicted molar refractivity (Wildman–Crippen MR) is 177 cm³/mol. The molecule has 8 heteroatoms. The number of aromatic nitrogens is 4. The van der Waals surface area contributed by atoms with E-state index in [4.69, 9.17) is 0 Å². The molecule has 6 rings (SSSR count). The molecule has 2 heterocycles. The van der Waals surface area contributed by atoms with Crippen LogP contribution in [0.25, 0.3) is 38.9 Å². The summed E-state index contributed by atoms with van der Waals surface area (Å²) < 4.78 is 4.31. The van der Waals surface area contributed by atoms with Gasteiger partial charge in [-0.3, -0.25) is 9.36 Å². The zero-order valence-electron chi connectivity index (χ0n) is 24.8. The fourth-order valence-electron chi connectivity index (χ4n) is 5.31. The summed E-state index contributed by atoms with van der Waals surface area (Å²) in [5.41, 5.74) is 9.20. The third-order valence-corrected chi connectivity index (χ3v) is 8.43. The molecule has 0 fully saturated rings. The number of thioether (sulfide) groups is 1. The van der Waals surface area contributed by atoms with E-state index in [-0.39, 0.29) is 17.1 Å². The van der Waals surface area contributed by atoms with Crippen LogP contribution in [0.1, 0.15) is 38.8 Å². The number of benzene rings is 4. The largest absolute Gasteiger partial charge is 0.341 e. The number of nitrogens with one attached hydrogen (secondary N) is 1. The van der Waals surface area contributed by atoms with Gasteiger partial charge in [0.05, 0.1) is 12.0 Å². The summed E-state index contributed by atoms with van der Waals surface area (Å²) in [5, 5.41) is 16.2. The van der Waals surface area contributed by atoms with Crippen LogP contribution < -0.4 is 5.43 Å². The van der Waals surface area contributed by atoms with E-state index in [1.165, 1.54) is 39.1 Å². The summed E-state index contributed by atoms with van der Waals surface area (Å²) in [6.45, 7) is 9.64. The first-order chi connectivity index (χ1) is 20.8. The van der Waals surface area contributed by atoms with Crippen molar-refractivity contribution in [2.45, 2.75) is 44.8 Å². The van der Waals surface area contributed by atoms with Crippen LogP contribution in [0, 0.1) is 0 Å². The van der Waals surface area contributed by atoms with Crippen molar-refractivity contribution in [3.05, 3.63) is 108 Å². The molecule has 43 heavy (non-hydrogen) atoms. The molecule has 0 atom stereocenters. The number of hydrazone groups is 1. The minimum absolute atomic E-state index is 0.0602. The molecule has 216 valence electrons. The van der Waals surface area contributed by atoms with Crippen LogP contribution in [-0.4, -0.2) is 37.2 Å². The lowest BCUT2D eigenvalue weighted by Gasteiger charge is -2.19. The molecule has 4 aromatic carbocycles. The summed E-state index contributed by atoms with van der Waals surface area (Å²) in [5.74, 6) is 0.657. The zero-order chi connectivity index (χ0) is 30.0. The van der Waals surface area contributed by atoms with E-state index < -0.39 is 0 Å². The Balaban J connectivity index is 1.18. The van der Waals surface area contributed by atoms with E-state index >= 15 is 0 Å². The van der Waals surface area contributed by atoms with Crippen molar-refractivity contribution < 1.29 is 4.79 Å². The number of nitrogens with zero attached hydrogens (tertiary/aromatic N) is 5. The molecular formula is C35H34N6OS. The lowest BCUT2D eigenvalue weighted by molar-refractivity contribution is -0.118. The molecule has 1 amide bonds. The van der Waals surface area contributed by atoms with E-state index in [0.717, 1.165) is 29.2 Å². The molecule has 1 N–H and O–H groups in total. The molecule has 0 saturated carbocycles. The molecular weight excluding hydrogens is 552 g/mol. The fourth-order valence-corrected chi connectivity index (χ4v) is 6.06. The summed E-state index contributed by atoms with van der Waals surface area (Å²) in [7, 11) is 0. The van der Waals surface area contributed by atoms with E-state index in [1.54, 1.807) is 6.21 Å². The average Bonchev–Trinajstić information content (AvgIpc) is 3.59. The third kappa shape index (κ3) is 5.83. The van der Waals surface area contributed by atoms with Crippen molar-refractivity contribution in [3.8, 4) is 17.1 Å². The topological polar surface area (TPSA) is 77.1 Å². The molecule has 7 nitrogen and oxygen atoms in total. The van der Waals surface area contributed by atoms with Gasteiger partial charge in [0.25, 0.3) is 5.91 Å². The van der Waals surface area contributed by atoms with Gasteiger partial charge in [0.2, 0.25) is 0 Å². The van der Waals surface area contributed by atoms with Crippen molar-refractivity contribution >= 4 is 45.7 Å². The smallest absolute Gasteiger partial charge is 0.250 e. The van der Waals surface area contributed by atoms with Crippen molar-refractivity contribution in [2.75, 3.05) is 5.75 Å². The maximum atomic E-state index is 12.8. The molecule has 0 bridgehead atoms. The van der Waals surface area contributed by atoms with Crippen molar-refractivity contribution in [3.63, 3.8) is 0 Å². The standard InChI is InChI=1S/C35H34N6OS/c1-5-40-30-14-10-9-13-28(30)29-21-24(15-20-31(29)40)22-36-37-32(42)23-43-34-39-38-33(41(34)27-11-7-6-8-12-27)25-16-18-26(19-17-25)35(2,3)4/h6-22H,5,23H2,1-4H3,(H,37,42). The number of hydrogen-bond acceptors (Lipinski definition) is 5. The maximum Gasteiger partial charge on any atom is 0.250 e. The van der Waals surface area contributed by atoms with Gasteiger partial charge in [0.15, 0.2) is 11.0 Å². The Morgan fingerprint density at radius 1 is 0.884 bits per heavy atom. The number of amides is 1. The fraction of sp³-hybridized carbons (Fsp3) is 0.200. The van der Waals surface area contributed by atoms with E-state index in [2.05, 4.69) is 114 Å². The lowest BCUT2D eigenvalue weighted by Crippen LogP contribution is -2.20. The summed E-state index contributed by atoms with van der Waals surface area (Å²) in [4.78, 5) is 12.8. The first-order valence-electron chi connectivity index (χ1n) is 14.4. The predicted octanol–water partition coefficient (Wildman–Crippen LogP) is 7.60. The Hall–Kier alpha value is -4.69. The van der Waals surface area contributed by atoms with Gasteiger partial charge in [-0.05, 0) is 53.8 Å². The van der Waals surface area contributed by atoms with Crippen LogP contribution in [0.5, 0.6) is 0 Å². The van der Waals surface area contributed by atoms with Gasteiger partial charge in [0, 0.05) is 39.6 Å². The molecule has 0 spiro atoms. The number of hydrogen-bond donors (Lipinski definition) is 1. The number of aryl methyl sites for hydroxylation is 1. The second kappa shape index (κ2) is 11.9. The summed E-state index contributed by atoms with van der Waals surface area (Å²) >= 11 is 1.33. The number of fused-ring (bicyclic) bond motifs is 3. The Morgan fingerprint density at radius 2 is 1.60 bits per heavy atom. The highest BCUT2D eigenvalue weighted by Gasteiger charge is 2.19. The van der Waals surface area contributed by atoms with E-state index in [0.29, 0.717) is 5.16 Å². The van der Waals surface area contributed by atoms with Crippen molar-refractivity contribution in [1.29, 1.82) is 0 Å². The lowest BCUT2D eigenvalue weighted by atomic mass is 9.87. The Kier molecular flexibility index (Phi) is 7.86. The quantitative estimate of drug-likeness (QED) is 0.113. The Labute approximate surface area is 255 Å². The van der Waals surface area contributed by atoms with Crippen LogP contribution in [-0.2, 0) is 16.8 Å². The van der Waals surface area contributed by atoms with Gasteiger partial charge in [-0.1, -0.05) is 99.3 Å². The monoisotopic (exact) mass is 586 g/mol. The summed E-state index contributed by atoms with van der Waals surface area (Å²) in [6.07, 6.45) is 1.69. The highest BCUT2D eigenvalue weighted by atomic mass is 32.2. The number of para-hydroxylation sites is 2. The highest BCUT2D eigenvalue weighted by molar-refractivity contribution is 7.99. The second-order valence-corrected chi connectivity index (χ2v) is 12.4. The van der Waals surface area contributed by atoms with Crippen LogP contribution in [0.3, 0.4) is 0 Å². The highest BCUT2D eigenvalue weighted by Crippen LogP contribution is 2.31. The number of carbonyl (C=O) groups is 1. The van der Waals surface area contributed by atoms with Crippen LogP contribution >= 0.6 is 11.8 Å². The van der Waals surface area contributed by atoms with Crippen molar-refractivity contribution in [1.82, 2.24) is 24.8 Å². The molecule has 2 aromatic heterocycles. The molecule has 0 radical (unpaired) electrons. The van der Waals surface area contributed by atoms with Gasteiger partial charge < -0.3 is 4.57 Å². The van der Waals surface area contributed by atoms with Gasteiger partial charge in [-0.15, -0.1) is 10.2 Å². The first kappa shape index (κ1) is 28.4.